The summed E-state index contributed by atoms with van der Waals surface area (Å²) in [7, 11) is 1.28. The van der Waals surface area contributed by atoms with Crippen molar-refractivity contribution in [1.82, 2.24) is 0 Å². The van der Waals surface area contributed by atoms with Crippen molar-refractivity contribution in [2.45, 2.75) is 31.3 Å². The van der Waals surface area contributed by atoms with E-state index in [9.17, 15) is 4.79 Å². The largest absolute Gasteiger partial charge is 0.469 e. The number of esters is 1. The number of methoxy groups -OCH3 is 1. The average molecular weight is 176 g/mol. The van der Waals surface area contributed by atoms with Gasteiger partial charge in [0.2, 0.25) is 0 Å². The van der Waals surface area contributed by atoms with Gasteiger partial charge in [0.05, 0.1) is 19.6 Å². The van der Waals surface area contributed by atoms with E-state index in [1.165, 1.54) is 7.11 Å². The summed E-state index contributed by atoms with van der Waals surface area (Å²) in [5, 5.41) is 18.0. The molecule has 1 aliphatic heterocycles. The molecule has 12 heavy (non-hydrogen) atoms. The number of ether oxygens (including phenoxy) is 2. The van der Waals surface area contributed by atoms with Gasteiger partial charge in [0, 0.05) is 6.42 Å². The van der Waals surface area contributed by atoms with Crippen LogP contribution in [0.1, 0.15) is 12.8 Å². The maximum Gasteiger partial charge on any atom is 0.308 e. The number of rotatable bonds is 2. The molecule has 2 N–H and O–H groups in total. The number of hydrogen-bond donors (Lipinski definition) is 2. The molecule has 1 rings (SSSR count). The van der Waals surface area contributed by atoms with E-state index in [1.54, 1.807) is 0 Å². The van der Waals surface area contributed by atoms with Gasteiger partial charge in [0.15, 0.2) is 6.29 Å². The Balaban J connectivity index is 2.32. The van der Waals surface area contributed by atoms with Crippen molar-refractivity contribution in [2.75, 3.05) is 7.11 Å². The summed E-state index contributed by atoms with van der Waals surface area (Å²) in [6.07, 6.45) is -2.14. The maximum atomic E-state index is 10.7. The average Bonchev–Trinajstić information content (AvgIpc) is 2.31. The molecule has 0 radical (unpaired) electrons. The first-order valence-corrected chi connectivity index (χ1v) is 3.72. The third-order valence-electron chi connectivity index (χ3n) is 1.79. The normalized spacial score (nSPS) is 35.1. The molecule has 0 aromatic rings. The van der Waals surface area contributed by atoms with Crippen molar-refractivity contribution in [3.05, 3.63) is 0 Å². The van der Waals surface area contributed by atoms with Gasteiger partial charge < -0.3 is 19.7 Å². The smallest absolute Gasteiger partial charge is 0.308 e. The van der Waals surface area contributed by atoms with Crippen LogP contribution < -0.4 is 0 Å². The number of aliphatic hydroxyl groups excluding tert-OH is 2. The van der Waals surface area contributed by atoms with Gasteiger partial charge in [-0.2, -0.15) is 0 Å². The number of hydrogen-bond acceptors (Lipinski definition) is 5. The topological polar surface area (TPSA) is 76.0 Å². The van der Waals surface area contributed by atoms with Crippen molar-refractivity contribution in [2.24, 2.45) is 0 Å². The molecule has 70 valence electrons. The molecule has 0 aromatic carbocycles. The van der Waals surface area contributed by atoms with E-state index in [1.807, 2.05) is 0 Å². The number of aliphatic hydroxyl groups is 2. The molecule has 1 aliphatic rings. The first kappa shape index (κ1) is 9.44. The highest BCUT2D eigenvalue weighted by Crippen LogP contribution is 2.21. The lowest BCUT2D eigenvalue weighted by molar-refractivity contribution is -0.150. The molecule has 1 fully saturated rings. The van der Waals surface area contributed by atoms with Crippen LogP contribution in [0.15, 0.2) is 0 Å². The maximum absolute atomic E-state index is 10.7. The molecule has 1 heterocycles. The molecular weight excluding hydrogens is 164 g/mol. The molecule has 3 unspecified atom stereocenters. The second-order valence-corrected chi connectivity index (χ2v) is 2.73. The zero-order valence-electron chi connectivity index (χ0n) is 6.77. The SMILES string of the molecule is COC(=O)CC1CC(O)C(O)O1. The summed E-state index contributed by atoms with van der Waals surface area (Å²) in [6.45, 7) is 0. The Bertz CT molecular complexity index is 159. The zero-order valence-corrected chi connectivity index (χ0v) is 6.77. The third kappa shape index (κ3) is 2.17. The molecule has 0 spiro atoms. The van der Waals surface area contributed by atoms with E-state index in [0.717, 1.165) is 0 Å². The van der Waals surface area contributed by atoms with Gasteiger partial charge in [-0.15, -0.1) is 0 Å². The molecular formula is C7H12O5. The molecule has 0 bridgehead atoms. The van der Waals surface area contributed by atoms with Gasteiger partial charge in [-0.05, 0) is 0 Å². The molecule has 0 saturated carbocycles. The summed E-state index contributed by atoms with van der Waals surface area (Å²) in [5.41, 5.74) is 0. The second kappa shape index (κ2) is 3.84. The molecule has 1 saturated heterocycles. The van der Waals surface area contributed by atoms with Crippen LogP contribution in [0.25, 0.3) is 0 Å². The molecule has 0 aromatic heterocycles. The Labute approximate surface area is 69.9 Å². The van der Waals surface area contributed by atoms with E-state index in [4.69, 9.17) is 14.9 Å². The van der Waals surface area contributed by atoms with Crippen molar-refractivity contribution < 1.29 is 24.5 Å². The van der Waals surface area contributed by atoms with Crippen molar-refractivity contribution in [3.63, 3.8) is 0 Å². The summed E-state index contributed by atoms with van der Waals surface area (Å²) in [4.78, 5) is 10.7. The van der Waals surface area contributed by atoms with E-state index < -0.39 is 24.5 Å². The van der Waals surface area contributed by atoms with Gasteiger partial charge in [0.1, 0.15) is 6.10 Å². The standard InChI is InChI=1S/C7H12O5/c1-11-6(9)3-4-2-5(8)7(10)12-4/h4-5,7-8,10H,2-3H2,1H3. The fraction of sp³-hybridized carbons (Fsp3) is 0.857. The van der Waals surface area contributed by atoms with Gasteiger partial charge in [-0.3, -0.25) is 4.79 Å². The molecule has 3 atom stereocenters. The molecule has 5 heteroatoms. The highest BCUT2D eigenvalue weighted by atomic mass is 16.6. The highest BCUT2D eigenvalue weighted by Gasteiger charge is 2.33. The first-order valence-electron chi connectivity index (χ1n) is 3.72. The van der Waals surface area contributed by atoms with Crippen LogP contribution in [-0.2, 0) is 14.3 Å². The number of carbonyl (C=O) groups is 1. The molecule has 0 amide bonds. The van der Waals surface area contributed by atoms with Crippen molar-refractivity contribution >= 4 is 5.97 Å². The monoisotopic (exact) mass is 176 g/mol. The lowest BCUT2D eigenvalue weighted by Crippen LogP contribution is -2.19. The predicted octanol–water partition coefficient (Wildman–Crippen LogP) is -0.982. The van der Waals surface area contributed by atoms with Crippen LogP contribution >= 0.6 is 0 Å². The van der Waals surface area contributed by atoms with E-state index in [-0.39, 0.29) is 12.8 Å². The minimum atomic E-state index is -1.17. The van der Waals surface area contributed by atoms with Gasteiger partial charge in [-0.25, -0.2) is 0 Å². The number of carbonyl (C=O) groups excluding carboxylic acids is 1. The van der Waals surface area contributed by atoms with Crippen molar-refractivity contribution in [1.29, 1.82) is 0 Å². The fourth-order valence-electron chi connectivity index (χ4n) is 1.13. The lowest BCUT2D eigenvalue weighted by Gasteiger charge is -2.07. The van der Waals surface area contributed by atoms with Gasteiger partial charge in [-0.1, -0.05) is 0 Å². The summed E-state index contributed by atoms with van der Waals surface area (Å²) in [6, 6.07) is 0. The Morgan fingerprint density at radius 1 is 1.67 bits per heavy atom. The summed E-state index contributed by atoms with van der Waals surface area (Å²) >= 11 is 0. The van der Waals surface area contributed by atoms with Crippen LogP contribution in [-0.4, -0.2) is 41.8 Å². The van der Waals surface area contributed by atoms with Gasteiger partial charge in [0.25, 0.3) is 0 Å². The predicted molar refractivity (Wildman–Crippen MR) is 38.1 cm³/mol. The van der Waals surface area contributed by atoms with Crippen LogP contribution in [0.3, 0.4) is 0 Å². The van der Waals surface area contributed by atoms with E-state index in [2.05, 4.69) is 4.74 Å². The van der Waals surface area contributed by atoms with Crippen LogP contribution in [0.5, 0.6) is 0 Å². The van der Waals surface area contributed by atoms with Crippen LogP contribution in [0.4, 0.5) is 0 Å². The minimum Gasteiger partial charge on any atom is -0.469 e. The Morgan fingerprint density at radius 3 is 2.75 bits per heavy atom. The molecule has 0 aliphatic carbocycles. The van der Waals surface area contributed by atoms with Gasteiger partial charge >= 0.3 is 5.97 Å². The van der Waals surface area contributed by atoms with E-state index in [0.29, 0.717) is 0 Å². The quantitative estimate of drug-likeness (QED) is 0.529. The Morgan fingerprint density at radius 2 is 2.33 bits per heavy atom. The lowest BCUT2D eigenvalue weighted by atomic mass is 10.1. The zero-order chi connectivity index (χ0) is 9.14. The Kier molecular flexibility index (Phi) is 3.02. The third-order valence-corrected chi connectivity index (χ3v) is 1.79. The summed E-state index contributed by atoms with van der Waals surface area (Å²) < 4.78 is 9.25. The fourth-order valence-corrected chi connectivity index (χ4v) is 1.13. The van der Waals surface area contributed by atoms with Crippen LogP contribution in [0.2, 0.25) is 0 Å². The minimum absolute atomic E-state index is 0.0740. The molecule has 5 nitrogen and oxygen atoms in total. The Hall–Kier alpha value is -0.650. The van der Waals surface area contributed by atoms with E-state index >= 15 is 0 Å². The van der Waals surface area contributed by atoms with Crippen LogP contribution in [0, 0.1) is 0 Å². The van der Waals surface area contributed by atoms with Crippen molar-refractivity contribution in [3.8, 4) is 0 Å². The second-order valence-electron chi connectivity index (χ2n) is 2.73. The highest BCUT2D eigenvalue weighted by molar-refractivity contribution is 5.69. The summed E-state index contributed by atoms with van der Waals surface area (Å²) in [5.74, 6) is -0.402. The first-order chi connectivity index (χ1) is 5.63.